The fraction of sp³-hybridized carbons (Fsp3) is 0.310. The van der Waals surface area contributed by atoms with E-state index < -0.39 is 47.9 Å². The fourth-order valence-corrected chi connectivity index (χ4v) is 7.21. The molecule has 4 bridgehead atoms. The van der Waals surface area contributed by atoms with Gasteiger partial charge in [-0.05, 0) is 47.7 Å². The van der Waals surface area contributed by atoms with Gasteiger partial charge in [0.1, 0.15) is 41.4 Å². The zero-order valence-corrected chi connectivity index (χ0v) is 32.0. The molecule has 0 radical (unpaired) electrons. The van der Waals surface area contributed by atoms with E-state index in [2.05, 4.69) is 20.6 Å². The first-order valence-corrected chi connectivity index (χ1v) is 18.6. The Balaban J connectivity index is 1.52. The topological polar surface area (TPSA) is 239 Å². The van der Waals surface area contributed by atoms with Gasteiger partial charge < -0.3 is 50.2 Å². The van der Waals surface area contributed by atoms with Gasteiger partial charge in [-0.1, -0.05) is 58.0 Å². The Hall–Kier alpha value is -6.61. The average Bonchev–Trinajstić information content (AvgIpc) is 3.93. The molecule has 4 heterocycles. The Morgan fingerprint density at radius 2 is 1.77 bits per heavy atom. The molecule has 8 N–H and O–H groups in total. The summed E-state index contributed by atoms with van der Waals surface area (Å²) in [5.74, 6) is -2.49. The quantitative estimate of drug-likeness (QED) is 0.0923. The van der Waals surface area contributed by atoms with Gasteiger partial charge in [0.05, 0.1) is 12.2 Å². The molecule has 4 atom stereocenters. The molecule has 0 unspecified atom stereocenters. The first-order chi connectivity index (χ1) is 27.2. The third-order valence-electron chi connectivity index (χ3n) is 10.4. The van der Waals surface area contributed by atoms with Gasteiger partial charge in [0.25, 0.3) is 0 Å². The molecular weight excluding hydrogens is 732 g/mol. The van der Waals surface area contributed by atoms with Crippen LogP contribution in [0.15, 0.2) is 81.9 Å². The number of phenolic OH excluding ortho intramolecular Hbond substituents is 3. The molecule has 15 heteroatoms. The number of oxazole rings is 2. The predicted octanol–water partition coefficient (Wildman–Crippen LogP) is 5.33. The minimum atomic E-state index is -1.83. The summed E-state index contributed by atoms with van der Waals surface area (Å²) in [6.07, 6.45) is 3.16. The van der Waals surface area contributed by atoms with Crippen molar-refractivity contribution in [2.24, 2.45) is 17.6 Å². The maximum Gasteiger partial charge on any atom is 0.302 e. The number of nitrogens with one attached hydrogen (secondary N) is 3. The molecule has 0 fully saturated rings. The lowest BCUT2D eigenvalue weighted by Gasteiger charge is -2.34. The van der Waals surface area contributed by atoms with E-state index in [0.29, 0.717) is 22.3 Å². The van der Waals surface area contributed by atoms with Gasteiger partial charge >= 0.3 is 5.97 Å². The van der Waals surface area contributed by atoms with E-state index >= 15 is 0 Å². The second kappa shape index (κ2) is 15.1. The SMILES string of the molecule is CC(=O)OC[C@]1(c2ccccc2O)c2cc(ccc2O)C[C@H](NC(=O)[C@@H](N)C(C)C)C(=O)N[C@@H](C(C)C)c2nc(-c3ncc(-c4c[nH]c5ccc(O)cc45)o3)c1o2. The number of para-hydroxylation sites is 1. The van der Waals surface area contributed by atoms with E-state index in [1.807, 2.05) is 13.8 Å². The molecule has 6 aromatic rings. The molecular formula is C42H44N6O9. The van der Waals surface area contributed by atoms with Crippen LogP contribution in [-0.4, -0.2) is 66.7 Å². The number of H-pyrrole nitrogens is 1. The van der Waals surface area contributed by atoms with Gasteiger partial charge in [-0.25, -0.2) is 9.97 Å². The Bertz CT molecular complexity index is 2480. The lowest BCUT2D eigenvalue weighted by Crippen LogP contribution is -2.54. The molecule has 3 aromatic carbocycles. The Morgan fingerprint density at radius 1 is 1.02 bits per heavy atom. The lowest BCUT2D eigenvalue weighted by molar-refractivity contribution is -0.142. The van der Waals surface area contributed by atoms with Crippen LogP contribution in [0.4, 0.5) is 0 Å². The van der Waals surface area contributed by atoms with Crippen LogP contribution in [0.25, 0.3) is 33.8 Å². The van der Waals surface area contributed by atoms with Crippen LogP contribution in [0, 0.1) is 11.8 Å². The molecule has 0 saturated heterocycles. The molecule has 3 aromatic heterocycles. The Morgan fingerprint density at radius 3 is 2.49 bits per heavy atom. The molecule has 0 saturated carbocycles. The number of fused-ring (bicyclic) bond motifs is 5. The number of amides is 2. The Kier molecular flexibility index (Phi) is 10.3. The first-order valence-electron chi connectivity index (χ1n) is 18.6. The summed E-state index contributed by atoms with van der Waals surface area (Å²) in [7, 11) is 0. The van der Waals surface area contributed by atoms with Crippen molar-refractivity contribution in [2.45, 2.75) is 64.6 Å². The first kappa shape index (κ1) is 38.7. The molecule has 1 aliphatic heterocycles. The van der Waals surface area contributed by atoms with Crippen molar-refractivity contribution in [3.05, 3.63) is 101 Å². The van der Waals surface area contributed by atoms with Crippen molar-refractivity contribution in [1.82, 2.24) is 25.6 Å². The minimum Gasteiger partial charge on any atom is -0.508 e. The van der Waals surface area contributed by atoms with Gasteiger partial charge in [0, 0.05) is 47.1 Å². The maximum absolute atomic E-state index is 14.2. The van der Waals surface area contributed by atoms with Crippen LogP contribution in [-0.2, 0) is 31.0 Å². The summed E-state index contributed by atoms with van der Waals surface area (Å²) in [6, 6.07) is 12.9. The van der Waals surface area contributed by atoms with Gasteiger partial charge in [0.2, 0.25) is 23.6 Å². The standard InChI is InChI=1S/C42H44N6O9/c1-20(2)34(43)39(54)46-30-15-23-10-13-32(52)28(14-23)42(19-55-22(5)49,27-8-6-7-9-31(27)51)37-36(48-41(57-37)35(21(3)4)47-38(30)53)40-45-18-33(56-40)26-17-44-29-12-11-24(50)16-25(26)29/h6-14,16-18,20-21,30,34-35,44,50-52H,15,19,43H2,1-5H3,(H,46,54)(H,47,53)/t30-,34-,35-,42-/m0/s1. The average molecular weight is 777 g/mol. The fourth-order valence-electron chi connectivity index (χ4n) is 7.21. The number of nitrogens with two attached hydrogens (primary N) is 1. The van der Waals surface area contributed by atoms with E-state index in [-0.39, 0.29) is 69.9 Å². The highest BCUT2D eigenvalue weighted by molar-refractivity contribution is 5.95. The molecule has 15 nitrogen and oxygen atoms in total. The van der Waals surface area contributed by atoms with Gasteiger partial charge in [0.15, 0.2) is 17.2 Å². The van der Waals surface area contributed by atoms with Crippen molar-refractivity contribution in [1.29, 1.82) is 0 Å². The molecule has 0 aliphatic carbocycles. The molecule has 2 amide bonds. The van der Waals surface area contributed by atoms with Crippen LogP contribution in [0.5, 0.6) is 17.2 Å². The van der Waals surface area contributed by atoms with Gasteiger partial charge in [-0.15, -0.1) is 0 Å². The number of aromatic hydroxyl groups is 3. The zero-order chi connectivity index (χ0) is 40.8. The van der Waals surface area contributed by atoms with E-state index in [9.17, 15) is 29.7 Å². The van der Waals surface area contributed by atoms with Crippen molar-refractivity contribution in [3.8, 4) is 40.2 Å². The summed E-state index contributed by atoms with van der Waals surface area (Å²) in [6.45, 7) is 8.03. The highest BCUT2D eigenvalue weighted by Gasteiger charge is 2.49. The number of benzene rings is 3. The van der Waals surface area contributed by atoms with Crippen molar-refractivity contribution in [3.63, 3.8) is 0 Å². The van der Waals surface area contributed by atoms with Crippen molar-refractivity contribution < 1.29 is 43.3 Å². The molecule has 1 aliphatic rings. The number of carbonyl (C=O) groups is 3. The number of carbonyl (C=O) groups excluding carboxylic acids is 3. The van der Waals surface area contributed by atoms with Crippen LogP contribution < -0.4 is 16.4 Å². The van der Waals surface area contributed by atoms with Crippen LogP contribution in [0.2, 0.25) is 0 Å². The highest BCUT2D eigenvalue weighted by atomic mass is 16.5. The Labute approximate surface area is 327 Å². The monoisotopic (exact) mass is 776 g/mol. The van der Waals surface area contributed by atoms with Crippen LogP contribution in [0.3, 0.4) is 0 Å². The molecule has 0 spiro atoms. The van der Waals surface area contributed by atoms with E-state index in [4.69, 9.17) is 24.3 Å². The summed E-state index contributed by atoms with van der Waals surface area (Å²) < 4.78 is 19.0. The number of hydrogen-bond acceptors (Lipinski definition) is 12. The van der Waals surface area contributed by atoms with E-state index in [1.165, 1.54) is 25.3 Å². The summed E-state index contributed by atoms with van der Waals surface area (Å²) in [5, 5.41) is 40.2. The maximum atomic E-state index is 14.2. The minimum absolute atomic E-state index is 0.00270. The molecule has 296 valence electrons. The van der Waals surface area contributed by atoms with Crippen molar-refractivity contribution >= 4 is 28.7 Å². The smallest absolute Gasteiger partial charge is 0.302 e. The summed E-state index contributed by atoms with van der Waals surface area (Å²) >= 11 is 0. The normalized spacial score (nSPS) is 18.8. The van der Waals surface area contributed by atoms with E-state index in [0.717, 1.165) is 5.52 Å². The number of nitrogens with zero attached hydrogens (tertiary/aromatic N) is 2. The number of ether oxygens (including phenoxy) is 1. The van der Waals surface area contributed by atoms with Gasteiger partial charge in [-0.2, -0.15) is 0 Å². The van der Waals surface area contributed by atoms with E-state index in [1.54, 1.807) is 68.6 Å². The second-order valence-corrected chi connectivity index (χ2v) is 15.0. The summed E-state index contributed by atoms with van der Waals surface area (Å²) in [5.41, 5.74) is 6.50. The third kappa shape index (κ3) is 7.17. The summed E-state index contributed by atoms with van der Waals surface area (Å²) in [4.78, 5) is 52.9. The number of aromatic nitrogens is 3. The number of rotatable bonds is 9. The number of hydrogen-bond donors (Lipinski definition) is 7. The number of esters is 1. The molecule has 57 heavy (non-hydrogen) atoms. The largest absolute Gasteiger partial charge is 0.508 e. The number of aromatic amines is 1. The van der Waals surface area contributed by atoms with Gasteiger partial charge in [-0.3, -0.25) is 14.4 Å². The molecule has 7 rings (SSSR count). The third-order valence-corrected chi connectivity index (χ3v) is 10.4. The lowest BCUT2D eigenvalue weighted by atomic mass is 9.71. The number of phenols is 3. The van der Waals surface area contributed by atoms with Crippen LogP contribution >= 0.6 is 0 Å². The second-order valence-electron chi connectivity index (χ2n) is 15.0. The van der Waals surface area contributed by atoms with Crippen LogP contribution in [0.1, 0.15) is 69.0 Å². The zero-order valence-electron chi connectivity index (χ0n) is 32.0. The predicted molar refractivity (Wildman–Crippen MR) is 208 cm³/mol. The van der Waals surface area contributed by atoms with Crippen molar-refractivity contribution in [2.75, 3.05) is 6.61 Å². The highest BCUT2D eigenvalue weighted by Crippen LogP contribution is 2.51.